The summed E-state index contributed by atoms with van der Waals surface area (Å²) in [5, 5.41) is 6.92. The number of hydrogen-bond donors (Lipinski definition) is 1. The molecule has 1 aromatic heterocycles. The summed E-state index contributed by atoms with van der Waals surface area (Å²) in [7, 11) is 0. The van der Waals surface area contributed by atoms with Gasteiger partial charge in [-0.05, 0) is 31.9 Å². The molecule has 0 bridgehead atoms. The molecule has 1 saturated heterocycles. The van der Waals surface area contributed by atoms with E-state index in [-0.39, 0.29) is 6.03 Å². The summed E-state index contributed by atoms with van der Waals surface area (Å²) in [5.41, 5.74) is 1.62. The molecule has 154 valence electrons. The van der Waals surface area contributed by atoms with Gasteiger partial charge in [0.1, 0.15) is 0 Å². The van der Waals surface area contributed by atoms with Crippen molar-refractivity contribution >= 4 is 11.7 Å². The number of nitrogens with zero attached hydrogens (tertiary/aromatic N) is 3. The number of carbonyl (C=O) groups is 1. The van der Waals surface area contributed by atoms with Gasteiger partial charge >= 0.3 is 6.03 Å². The van der Waals surface area contributed by atoms with Crippen LogP contribution >= 0.6 is 0 Å². The van der Waals surface area contributed by atoms with Crippen molar-refractivity contribution in [3.8, 4) is 11.5 Å². The van der Waals surface area contributed by atoms with Gasteiger partial charge in [0.05, 0.1) is 12.2 Å². The van der Waals surface area contributed by atoms with Crippen LogP contribution in [0.4, 0.5) is 10.5 Å². The molecule has 2 amide bonds. The molecule has 29 heavy (non-hydrogen) atoms. The number of anilines is 1. The van der Waals surface area contributed by atoms with Gasteiger partial charge in [-0.15, -0.1) is 0 Å². The van der Waals surface area contributed by atoms with Crippen LogP contribution < -0.4 is 14.8 Å². The summed E-state index contributed by atoms with van der Waals surface area (Å²) in [5.74, 6) is 1.86. The van der Waals surface area contributed by atoms with E-state index in [0.717, 1.165) is 74.0 Å². The Morgan fingerprint density at radius 2 is 1.86 bits per heavy atom. The van der Waals surface area contributed by atoms with Crippen molar-refractivity contribution in [2.45, 2.75) is 44.9 Å². The highest BCUT2D eigenvalue weighted by atomic mass is 16.7. The van der Waals surface area contributed by atoms with Crippen LogP contribution in [0.2, 0.25) is 0 Å². The molecule has 2 aromatic rings. The molecular formula is C21H26N4O4. The number of carbonyl (C=O) groups excluding carboxylic acids is 1. The molecule has 0 unspecified atom stereocenters. The lowest BCUT2D eigenvalue weighted by molar-refractivity contribution is -0.0716. The second kappa shape index (κ2) is 7.26. The van der Waals surface area contributed by atoms with Crippen molar-refractivity contribution in [2.24, 2.45) is 0 Å². The third kappa shape index (κ3) is 3.76. The van der Waals surface area contributed by atoms with E-state index < -0.39 is 5.79 Å². The van der Waals surface area contributed by atoms with E-state index >= 15 is 0 Å². The van der Waals surface area contributed by atoms with Crippen molar-refractivity contribution < 1.29 is 18.8 Å². The number of fused-ring (bicyclic) bond motifs is 1. The predicted octanol–water partition coefficient (Wildman–Crippen LogP) is 3.37. The number of piperazine rings is 1. The Morgan fingerprint density at radius 1 is 1.10 bits per heavy atom. The minimum Gasteiger partial charge on any atom is -0.448 e. The van der Waals surface area contributed by atoms with Crippen LogP contribution in [0.3, 0.4) is 0 Å². The van der Waals surface area contributed by atoms with Gasteiger partial charge in [-0.25, -0.2) is 4.79 Å². The number of aromatic nitrogens is 1. The average Bonchev–Trinajstić information content (AvgIpc) is 3.42. The number of rotatable bonds is 3. The van der Waals surface area contributed by atoms with E-state index in [1.54, 1.807) is 0 Å². The molecule has 1 aromatic carbocycles. The monoisotopic (exact) mass is 398 g/mol. The summed E-state index contributed by atoms with van der Waals surface area (Å²) in [4.78, 5) is 16.8. The third-order valence-electron chi connectivity index (χ3n) is 5.87. The van der Waals surface area contributed by atoms with Gasteiger partial charge in [0.25, 0.3) is 5.79 Å². The molecule has 2 aliphatic heterocycles. The minimum atomic E-state index is -0.483. The fourth-order valence-corrected chi connectivity index (χ4v) is 4.31. The third-order valence-corrected chi connectivity index (χ3v) is 5.87. The molecule has 1 saturated carbocycles. The van der Waals surface area contributed by atoms with E-state index in [2.05, 4.69) is 15.4 Å². The average molecular weight is 398 g/mol. The lowest BCUT2D eigenvalue weighted by Crippen LogP contribution is -2.49. The summed E-state index contributed by atoms with van der Waals surface area (Å²) < 4.78 is 17.4. The van der Waals surface area contributed by atoms with Crippen molar-refractivity contribution in [2.75, 3.05) is 31.5 Å². The van der Waals surface area contributed by atoms with Gasteiger partial charge in [-0.2, -0.15) is 0 Å². The largest absolute Gasteiger partial charge is 0.448 e. The van der Waals surface area contributed by atoms with Crippen LogP contribution in [0.5, 0.6) is 11.5 Å². The van der Waals surface area contributed by atoms with Crippen LogP contribution in [0.25, 0.3) is 0 Å². The smallest absolute Gasteiger partial charge is 0.321 e. The normalized spacial score (nSPS) is 20.4. The van der Waals surface area contributed by atoms with E-state index in [1.165, 1.54) is 0 Å². The Hall–Kier alpha value is -2.74. The van der Waals surface area contributed by atoms with Gasteiger partial charge < -0.3 is 24.2 Å². The second-order valence-corrected chi connectivity index (χ2v) is 8.11. The fourth-order valence-electron chi connectivity index (χ4n) is 4.31. The Morgan fingerprint density at radius 3 is 2.59 bits per heavy atom. The number of ether oxygens (including phenoxy) is 2. The Balaban J connectivity index is 1.15. The first-order chi connectivity index (χ1) is 14.1. The first kappa shape index (κ1) is 18.3. The number of amides is 2. The zero-order chi connectivity index (χ0) is 19.8. The lowest BCUT2D eigenvalue weighted by Gasteiger charge is -2.34. The number of urea groups is 1. The van der Waals surface area contributed by atoms with E-state index in [4.69, 9.17) is 14.0 Å². The van der Waals surface area contributed by atoms with Crippen molar-refractivity contribution in [1.29, 1.82) is 0 Å². The molecule has 1 aliphatic carbocycles. The zero-order valence-electron chi connectivity index (χ0n) is 16.6. The SMILES string of the molecule is Cc1cc(CN2CCN(C(=O)Nc3ccc4c(c3)OC3(CCCC3)O4)CC2)on1. The molecule has 8 heteroatoms. The fraction of sp³-hybridized carbons (Fsp3) is 0.524. The molecule has 1 N–H and O–H groups in total. The van der Waals surface area contributed by atoms with E-state index in [9.17, 15) is 4.79 Å². The van der Waals surface area contributed by atoms with Gasteiger partial charge in [-0.3, -0.25) is 4.90 Å². The Kier molecular flexibility index (Phi) is 4.58. The molecule has 5 rings (SSSR count). The highest BCUT2D eigenvalue weighted by molar-refractivity contribution is 5.89. The van der Waals surface area contributed by atoms with Crippen LogP contribution in [-0.4, -0.2) is 53.0 Å². The van der Waals surface area contributed by atoms with Crippen LogP contribution in [0.1, 0.15) is 37.1 Å². The molecule has 3 heterocycles. The molecule has 0 atom stereocenters. The Bertz CT molecular complexity index is 898. The van der Waals surface area contributed by atoms with Crippen LogP contribution in [0.15, 0.2) is 28.8 Å². The molecular weight excluding hydrogens is 372 g/mol. The number of hydrogen-bond acceptors (Lipinski definition) is 6. The van der Waals surface area contributed by atoms with Crippen LogP contribution in [0, 0.1) is 6.92 Å². The van der Waals surface area contributed by atoms with Gasteiger partial charge in [0.2, 0.25) is 0 Å². The standard InChI is InChI=1S/C21H26N4O4/c1-15-12-17(29-23-15)14-24-8-10-25(11-9-24)20(26)22-16-4-5-18-19(13-16)28-21(27-18)6-2-3-7-21/h4-5,12-13H,2-3,6-11,14H2,1H3,(H,22,26). The van der Waals surface area contributed by atoms with Gasteiger partial charge in [0.15, 0.2) is 17.3 Å². The number of aryl methyl sites for hydroxylation is 1. The maximum atomic E-state index is 12.7. The Labute approximate surface area is 169 Å². The zero-order valence-corrected chi connectivity index (χ0v) is 16.6. The van der Waals surface area contributed by atoms with Crippen molar-refractivity contribution in [3.05, 3.63) is 35.7 Å². The summed E-state index contributed by atoms with van der Waals surface area (Å²) in [6.45, 7) is 5.59. The van der Waals surface area contributed by atoms with E-state index in [0.29, 0.717) is 13.1 Å². The van der Waals surface area contributed by atoms with Crippen molar-refractivity contribution in [3.63, 3.8) is 0 Å². The van der Waals surface area contributed by atoms with Gasteiger partial charge in [-0.1, -0.05) is 5.16 Å². The first-order valence-corrected chi connectivity index (χ1v) is 10.3. The summed E-state index contributed by atoms with van der Waals surface area (Å²) in [6.07, 6.45) is 4.09. The van der Waals surface area contributed by atoms with Gasteiger partial charge in [0, 0.05) is 56.8 Å². The first-order valence-electron chi connectivity index (χ1n) is 10.3. The molecule has 2 fully saturated rings. The summed E-state index contributed by atoms with van der Waals surface area (Å²) >= 11 is 0. The van der Waals surface area contributed by atoms with Crippen molar-refractivity contribution in [1.82, 2.24) is 15.0 Å². The van der Waals surface area contributed by atoms with Crippen LogP contribution in [-0.2, 0) is 6.54 Å². The molecule has 3 aliphatic rings. The second-order valence-electron chi connectivity index (χ2n) is 8.11. The maximum Gasteiger partial charge on any atom is 0.321 e. The quantitative estimate of drug-likeness (QED) is 0.854. The lowest BCUT2D eigenvalue weighted by atomic mass is 10.2. The predicted molar refractivity (Wildman–Crippen MR) is 106 cm³/mol. The minimum absolute atomic E-state index is 0.0883. The van der Waals surface area contributed by atoms with E-state index in [1.807, 2.05) is 36.1 Å². The number of nitrogens with one attached hydrogen (secondary N) is 1. The highest BCUT2D eigenvalue weighted by Crippen LogP contribution is 2.47. The molecule has 1 spiro atoms. The maximum absolute atomic E-state index is 12.7. The summed E-state index contributed by atoms with van der Waals surface area (Å²) in [6, 6.07) is 7.48. The molecule has 0 radical (unpaired) electrons. The molecule has 8 nitrogen and oxygen atoms in total. The highest BCUT2D eigenvalue weighted by Gasteiger charge is 2.44. The topological polar surface area (TPSA) is 80.1 Å². The number of benzene rings is 1.